The number of aryl methyl sites for hydroxylation is 1. The number of halogens is 1. The maximum Gasteiger partial charge on any atom is 0.163 e. The van der Waals surface area contributed by atoms with Crippen molar-refractivity contribution in [2.45, 2.75) is 13.3 Å². The molecule has 5 heteroatoms. The van der Waals surface area contributed by atoms with Crippen LogP contribution in [0.4, 0.5) is 5.82 Å². The fraction of sp³-hybridized carbons (Fsp3) is 0.300. The number of ether oxygens (including phenoxy) is 1. The Morgan fingerprint density at radius 3 is 2.56 bits per heavy atom. The van der Waals surface area contributed by atoms with Crippen LogP contribution in [0.15, 0.2) is 42.5 Å². The molecule has 0 amide bonds. The van der Waals surface area contributed by atoms with E-state index in [-0.39, 0.29) is 0 Å². The van der Waals surface area contributed by atoms with E-state index in [1.807, 2.05) is 25.1 Å². The summed E-state index contributed by atoms with van der Waals surface area (Å²) < 4.78 is 5.50. The predicted octanol–water partition coefficient (Wildman–Crippen LogP) is 4.02. The van der Waals surface area contributed by atoms with E-state index in [0.29, 0.717) is 18.9 Å². The maximum atomic E-state index is 6.83. The Morgan fingerprint density at radius 1 is 1.04 bits per heavy atom. The number of pyridine rings is 2. The Balaban J connectivity index is 1.87. The first-order valence-electron chi connectivity index (χ1n) is 8.55. The summed E-state index contributed by atoms with van der Waals surface area (Å²) >= 11 is 6.83. The van der Waals surface area contributed by atoms with Crippen molar-refractivity contribution in [2.24, 2.45) is 0 Å². The van der Waals surface area contributed by atoms with Gasteiger partial charge in [-0.3, -0.25) is 0 Å². The van der Waals surface area contributed by atoms with Gasteiger partial charge in [-0.15, -0.1) is 0 Å². The van der Waals surface area contributed by atoms with Gasteiger partial charge in [0.15, 0.2) is 5.65 Å². The van der Waals surface area contributed by atoms with Gasteiger partial charge in [0, 0.05) is 36.2 Å². The third-order valence-corrected chi connectivity index (χ3v) is 4.96. The van der Waals surface area contributed by atoms with Crippen molar-refractivity contribution in [3.05, 3.63) is 64.3 Å². The van der Waals surface area contributed by atoms with Gasteiger partial charge in [0.05, 0.1) is 18.2 Å². The van der Waals surface area contributed by atoms with Gasteiger partial charge in [-0.2, -0.15) is 0 Å². The molecule has 1 fully saturated rings. The summed E-state index contributed by atoms with van der Waals surface area (Å²) in [5, 5.41) is 1.66. The van der Waals surface area contributed by atoms with Crippen LogP contribution in [0.1, 0.15) is 16.8 Å². The normalized spacial score (nSPS) is 14.9. The van der Waals surface area contributed by atoms with E-state index < -0.39 is 0 Å². The lowest BCUT2D eigenvalue weighted by molar-refractivity contribution is 0.122. The quantitative estimate of drug-likeness (QED) is 0.712. The van der Waals surface area contributed by atoms with Gasteiger partial charge < -0.3 is 9.64 Å². The fourth-order valence-electron chi connectivity index (χ4n) is 3.22. The SMILES string of the molecule is Cc1ccc2c(Cl)c(Cc3ccccc3)c(N3CCOCC3)nc2n1. The monoisotopic (exact) mass is 353 g/mol. The van der Waals surface area contributed by atoms with E-state index in [2.05, 4.69) is 34.1 Å². The van der Waals surface area contributed by atoms with E-state index in [1.165, 1.54) is 5.56 Å². The zero-order valence-corrected chi connectivity index (χ0v) is 15.0. The molecule has 3 heterocycles. The number of fused-ring (bicyclic) bond motifs is 1. The van der Waals surface area contributed by atoms with Crippen molar-refractivity contribution in [1.29, 1.82) is 0 Å². The van der Waals surface area contributed by atoms with Crippen molar-refractivity contribution < 1.29 is 4.74 Å². The van der Waals surface area contributed by atoms with Gasteiger partial charge in [-0.25, -0.2) is 9.97 Å². The van der Waals surface area contributed by atoms with Gasteiger partial charge in [0.25, 0.3) is 0 Å². The van der Waals surface area contributed by atoms with E-state index in [0.717, 1.165) is 47.0 Å². The Morgan fingerprint density at radius 2 is 1.80 bits per heavy atom. The van der Waals surface area contributed by atoms with E-state index >= 15 is 0 Å². The molecule has 1 aromatic carbocycles. The summed E-state index contributed by atoms with van der Waals surface area (Å²) in [6, 6.07) is 14.4. The number of aromatic nitrogens is 2. The lowest BCUT2D eigenvalue weighted by atomic mass is 10.0. The minimum atomic E-state index is 0.711. The number of hydrogen-bond donors (Lipinski definition) is 0. The largest absolute Gasteiger partial charge is 0.378 e. The van der Waals surface area contributed by atoms with Crippen molar-refractivity contribution in [2.75, 3.05) is 31.2 Å². The first kappa shape index (κ1) is 16.3. The van der Waals surface area contributed by atoms with E-state index in [4.69, 9.17) is 21.3 Å². The van der Waals surface area contributed by atoms with Gasteiger partial charge in [-0.05, 0) is 24.6 Å². The predicted molar refractivity (Wildman–Crippen MR) is 102 cm³/mol. The van der Waals surface area contributed by atoms with E-state index in [1.54, 1.807) is 0 Å². The molecule has 4 rings (SSSR count). The Kier molecular flexibility index (Phi) is 4.55. The summed E-state index contributed by atoms with van der Waals surface area (Å²) in [5.74, 6) is 0.933. The second kappa shape index (κ2) is 6.98. The molecule has 3 aromatic rings. The van der Waals surface area contributed by atoms with Crippen molar-refractivity contribution in [1.82, 2.24) is 9.97 Å². The van der Waals surface area contributed by atoms with Crippen LogP contribution >= 0.6 is 11.6 Å². The van der Waals surface area contributed by atoms with Crippen LogP contribution < -0.4 is 4.90 Å². The average molecular weight is 354 g/mol. The van der Waals surface area contributed by atoms with Crippen LogP contribution in [0.3, 0.4) is 0 Å². The molecule has 0 saturated carbocycles. The minimum Gasteiger partial charge on any atom is -0.378 e. The Hall–Kier alpha value is -2.17. The number of anilines is 1. The molecule has 0 spiro atoms. The van der Waals surface area contributed by atoms with Gasteiger partial charge in [0.2, 0.25) is 0 Å². The molecule has 0 unspecified atom stereocenters. The summed E-state index contributed by atoms with van der Waals surface area (Å²) in [7, 11) is 0. The highest BCUT2D eigenvalue weighted by atomic mass is 35.5. The third-order valence-electron chi connectivity index (χ3n) is 4.53. The molecule has 0 radical (unpaired) electrons. The first-order chi connectivity index (χ1) is 12.2. The Bertz CT molecular complexity index is 892. The first-order valence-corrected chi connectivity index (χ1v) is 8.92. The zero-order chi connectivity index (χ0) is 17.2. The molecule has 1 aliphatic heterocycles. The highest BCUT2D eigenvalue weighted by Crippen LogP contribution is 2.34. The lowest BCUT2D eigenvalue weighted by Crippen LogP contribution is -2.37. The molecule has 1 aliphatic rings. The van der Waals surface area contributed by atoms with Crippen LogP contribution in [-0.4, -0.2) is 36.3 Å². The molecule has 2 aromatic heterocycles. The van der Waals surface area contributed by atoms with Gasteiger partial charge >= 0.3 is 0 Å². The second-order valence-electron chi connectivity index (χ2n) is 6.31. The molecule has 25 heavy (non-hydrogen) atoms. The molecule has 4 nitrogen and oxygen atoms in total. The Labute approximate surface area is 152 Å². The molecule has 0 aliphatic carbocycles. The standard InChI is InChI=1S/C20H20ClN3O/c1-14-7-8-16-18(21)17(13-15-5-3-2-4-6-15)20(23-19(16)22-14)24-9-11-25-12-10-24/h2-8H,9-13H2,1H3. The summed E-state index contributed by atoms with van der Waals surface area (Å²) in [6.45, 7) is 5.04. The van der Waals surface area contributed by atoms with Crippen LogP contribution in [0, 0.1) is 6.92 Å². The fourth-order valence-corrected chi connectivity index (χ4v) is 3.52. The minimum absolute atomic E-state index is 0.711. The molecule has 128 valence electrons. The molecular weight excluding hydrogens is 334 g/mol. The average Bonchev–Trinajstić information content (AvgIpc) is 2.65. The molecule has 0 atom stereocenters. The van der Waals surface area contributed by atoms with Crippen LogP contribution in [0.5, 0.6) is 0 Å². The number of nitrogens with zero attached hydrogens (tertiary/aromatic N) is 3. The van der Waals surface area contributed by atoms with Gasteiger partial charge in [0.1, 0.15) is 5.82 Å². The van der Waals surface area contributed by atoms with Crippen molar-refractivity contribution in [3.63, 3.8) is 0 Å². The number of benzene rings is 1. The number of rotatable bonds is 3. The number of morpholine rings is 1. The van der Waals surface area contributed by atoms with E-state index in [9.17, 15) is 0 Å². The lowest BCUT2D eigenvalue weighted by Gasteiger charge is -2.30. The van der Waals surface area contributed by atoms with Crippen LogP contribution in [0.25, 0.3) is 11.0 Å². The summed E-state index contributed by atoms with van der Waals surface area (Å²) in [6.07, 6.45) is 0.753. The molecular formula is C20H20ClN3O. The van der Waals surface area contributed by atoms with Crippen molar-refractivity contribution >= 4 is 28.5 Å². The van der Waals surface area contributed by atoms with Gasteiger partial charge in [-0.1, -0.05) is 41.9 Å². The molecule has 0 bridgehead atoms. The second-order valence-corrected chi connectivity index (χ2v) is 6.69. The third kappa shape index (κ3) is 3.32. The zero-order valence-electron chi connectivity index (χ0n) is 14.2. The highest BCUT2D eigenvalue weighted by molar-refractivity contribution is 6.36. The summed E-state index contributed by atoms with van der Waals surface area (Å²) in [5.41, 5.74) is 3.94. The topological polar surface area (TPSA) is 38.2 Å². The smallest absolute Gasteiger partial charge is 0.163 e. The maximum absolute atomic E-state index is 6.83. The highest BCUT2D eigenvalue weighted by Gasteiger charge is 2.21. The van der Waals surface area contributed by atoms with Crippen LogP contribution in [-0.2, 0) is 11.2 Å². The van der Waals surface area contributed by atoms with Crippen molar-refractivity contribution in [3.8, 4) is 0 Å². The number of hydrogen-bond acceptors (Lipinski definition) is 4. The van der Waals surface area contributed by atoms with Crippen LogP contribution in [0.2, 0.25) is 5.02 Å². The summed E-state index contributed by atoms with van der Waals surface area (Å²) in [4.78, 5) is 11.7. The molecule has 1 saturated heterocycles. The molecule has 0 N–H and O–H groups in total.